The Bertz CT molecular complexity index is 501. The predicted molar refractivity (Wildman–Crippen MR) is 86.6 cm³/mol. The molecule has 1 saturated heterocycles. The summed E-state index contributed by atoms with van der Waals surface area (Å²) in [6.07, 6.45) is 1.39. The van der Waals surface area contributed by atoms with E-state index >= 15 is 0 Å². The first-order valence-corrected chi connectivity index (χ1v) is 8.10. The van der Waals surface area contributed by atoms with Crippen molar-refractivity contribution in [3.8, 4) is 0 Å². The van der Waals surface area contributed by atoms with E-state index in [2.05, 4.69) is 19.2 Å². The van der Waals surface area contributed by atoms with Crippen LogP contribution in [0.1, 0.15) is 31.4 Å². The van der Waals surface area contributed by atoms with E-state index in [1.54, 1.807) is 0 Å². The molecule has 3 unspecified atom stereocenters. The average molecular weight is 305 g/mol. The van der Waals surface area contributed by atoms with E-state index in [0.717, 1.165) is 12.0 Å². The van der Waals surface area contributed by atoms with Gasteiger partial charge in [0.25, 0.3) is 0 Å². The lowest BCUT2D eigenvalue weighted by Crippen LogP contribution is -2.45. The minimum atomic E-state index is -0.248. The van der Waals surface area contributed by atoms with Crippen LogP contribution in [0.3, 0.4) is 0 Å². The van der Waals surface area contributed by atoms with Crippen molar-refractivity contribution < 1.29 is 14.6 Å². The molecule has 0 bridgehead atoms. The summed E-state index contributed by atoms with van der Waals surface area (Å²) in [6, 6.07) is 7.82. The molecule has 1 heterocycles. The third-order valence-corrected chi connectivity index (χ3v) is 4.42. The zero-order valence-corrected chi connectivity index (χ0v) is 13.7. The van der Waals surface area contributed by atoms with Gasteiger partial charge in [-0.25, -0.2) is 0 Å². The quantitative estimate of drug-likeness (QED) is 0.846. The number of aryl methyl sites for hydroxylation is 1. The largest absolute Gasteiger partial charge is 0.394 e. The van der Waals surface area contributed by atoms with Crippen molar-refractivity contribution in [1.82, 2.24) is 5.32 Å². The van der Waals surface area contributed by atoms with Gasteiger partial charge < -0.3 is 15.2 Å². The van der Waals surface area contributed by atoms with Gasteiger partial charge in [-0.15, -0.1) is 0 Å². The van der Waals surface area contributed by atoms with Crippen LogP contribution in [0, 0.1) is 18.8 Å². The van der Waals surface area contributed by atoms with Gasteiger partial charge in [-0.2, -0.15) is 0 Å². The lowest BCUT2D eigenvalue weighted by molar-refractivity contribution is -0.128. The molecule has 1 aliphatic rings. The highest BCUT2D eigenvalue weighted by Crippen LogP contribution is 2.27. The van der Waals surface area contributed by atoms with Crippen LogP contribution in [-0.4, -0.2) is 36.4 Å². The lowest BCUT2D eigenvalue weighted by Gasteiger charge is -2.24. The Morgan fingerprint density at radius 1 is 1.41 bits per heavy atom. The summed E-state index contributed by atoms with van der Waals surface area (Å²) in [5.74, 6) is 0.219. The summed E-state index contributed by atoms with van der Waals surface area (Å²) >= 11 is 0. The second-order valence-corrected chi connectivity index (χ2v) is 6.49. The number of nitrogens with one attached hydrogen (secondary N) is 1. The number of hydrogen-bond acceptors (Lipinski definition) is 3. The minimum Gasteiger partial charge on any atom is -0.394 e. The smallest absolute Gasteiger partial charge is 0.226 e. The molecule has 2 N–H and O–H groups in total. The highest BCUT2D eigenvalue weighted by molar-refractivity contribution is 5.80. The fraction of sp³-hybridized carbons (Fsp3) is 0.611. The molecule has 22 heavy (non-hydrogen) atoms. The van der Waals surface area contributed by atoms with Gasteiger partial charge in [0.05, 0.1) is 24.7 Å². The topological polar surface area (TPSA) is 58.6 Å². The molecule has 0 spiro atoms. The maximum Gasteiger partial charge on any atom is 0.226 e. The molecule has 4 nitrogen and oxygen atoms in total. The maximum absolute atomic E-state index is 12.5. The predicted octanol–water partition coefficient (Wildman–Crippen LogP) is 2.08. The molecule has 1 fully saturated rings. The van der Waals surface area contributed by atoms with Gasteiger partial charge in [0.1, 0.15) is 0 Å². The Hall–Kier alpha value is -1.39. The molecular weight excluding hydrogens is 278 g/mol. The molecule has 2 rings (SSSR count). The van der Waals surface area contributed by atoms with Crippen LogP contribution in [0.25, 0.3) is 0 Å². The summed E-state index contributed by atoms with van der Waals surface area (Å²) in [7, 11) is 0. The fourth-order valence-electron chi connectivity index (χ4n) is 3.12. The molecule has 4 heteroatoms. The van der Waals surface area contributed by atoms with E-state index < -0.39 is 0 Å². The molecule has 0 radical (unpaired) electrons. The molecule has 0 aromatic heterocycles. The Morgan fingerprint density at radius 3 is 2.77 bits per heavy atom. The van der Waals surface area contributed by atoms with Crippen LogP contribution in [0.15, 0.2) is 24.3 Å². The van der Waals surface area contributed by atoms with Crippen LogP contribution >= 0.6 is 0 Å². The van der Waals surface area contributed by atoms with Crippen molar-refractivity contribution in [2.24, 2.45) is 11.8 Å². The fourth-order valence-corrected chi connectivity index (χ4v) is 3.12. The zero-order chi connectivity index (χ0) is 16.1. The van der Waals surface area contributed by atoms with Gasteiger partial charge in [0.15, 0.2) is 0 Å². The van der Waals surface area contributed by atoms with E-state index in [9.17, 15) is 9.90 Å². The van der Waals surface area contributed by atoms with Crippen molar-refractivity contribution in [2.75, 3.05) is 13.2 Å². The zero-order valence-electron chi connectivity index (χ0n) is 13.7. The van der Waals surface area contributed by atoms with Crippen molar-refractivity contribution >= 4 is 5.91 Å². The second-order valence-electron chi connectivity index (χ2n) is 6.49. The highest BCUT2D eigenvalue weighted by Gasteiger charge is 2.36. The van der Waals surface area contributed by atoms with Crippen molar-refractivity contribution in [2.45, 2.75) is 45.8 Å². The molecular formula is C18H27NO3. The Morgan fingerprint density at radius 2 is 2.14 bits per heavy atom. The summed E-state index contributed by atoms with van der Waals surface area (Å²) in [5, 5.41) is 12.6. The summed E-state index contributed by atoms with van der Waals surface area (Å²) in [6.45, 7) is 6.79. The van der Waals surface area contributed by atoms with Crippen molar-refractivity contribution in [1.29, 1.82) is 0 Å². The molecule has 0 aliphatic carbocycles. The Kier molecular flexibility index (Phi) is 5.98. The van der Waals surface area contributed by atoms with Gasteiger partial charge in [-0.3, -0.25) is 4.79 Å². The van der Waals surface area contributed by atoms with E-state index in [1.807, 2.05) is 31.2 Å². The number of ether oxygens (including phenoxy) is 1. The van der Waals surface area contributed by atoms with Gasteiger partial charge >= 0.3 is 0 Å². The number of rotatable bonds is 6. The van der Waals surface area contributed by atoms with Crippen molar-refractivity contribution in [3.05, 3.63) is 35.4 Å². The van der Waals surface area contributed by atoms with Crippen molar-refractivity contribution in [3.63, 3.8) is 0 Å². The first-order chi connectivity index (χ1) is 10.5. The minimum absolute atomic E-state index is 0.00355. The number of hydrogen-bond donors (Lipinski definition) is 2. The number of aliphatic hydroxyl groups is 1. The SMILES string of the molecule is Cc1ccccc1CC(CO)NC(=O)C1CCOC1C(C)C. The number of aliphatic hydroxyl groups excluding tert-OH is 1. The maximum atomic E-state index is 12.5. The standard InChI is InChI=1S/C18H27NO3/c1-12(2)17-16(8-9-22-17)18(21)19-15(11-20)10-14-7-5-4-6-13(14)3/h4-7,12,15-17,20H,8-11H2,1-3H3,(H,19,21). The van der Waals surface area contributed by atoms with Gasteiger partial charge in [-0.1, -0.05) is 38.1 Å². The molecule has 0 saturated carbocycles. The number of benzene rings is 1. The van der Waals surface area contributed by atoms with Gasteiger partial charge in [-0.05, 0) is 36.8 Å². The van der Waals surface area contributed by atoms with Gasteiger partial charge in [0.2, 0.25) is 5.91 Å². The lowest BCUT2D eigenvalue weighted by atomic mass is 9.91. The van der Waals surface area contributed by atoms with E-state index in [4.69, 9.17) is 4.74 Å². The first-order valence-electron chi connectivity index (χ1n) is 8.10. The molecule has 1 aromatic rings. The van der Waals surface area contributed by atoms with Crippen LogP contribution in [0.5, 0.6) is 0 Å². The summed E-state index contributed by atoms with van der Waals surface area (Å²) in [5.41, 5.74) is 2.34. The average Bonchev–Trinajstić information content (AvgIpc) is 2.98. The Labute approximate surface area is 132 Å². The number of carbonyl (C=O) groups excluding carboxylic acids is 1. The van der Waals surface area contributed by atoms with Crippen LogP contribution in [0.2, 0.25) is 0 Å². The number of amides is 1. The Balaban J connectivity index is 1.98. The highest BCUT2D eigenvalue weighted by atomic mass is 16.5. The second kappa shape index (κ2) is 7.75. The van der Waals surface area contributed by atoms with Crippen LogP contribution in [-0.2, 0) is 16.0 Å². The monoisotopic (exact) mass is 305 g/mol. The number of carbonyl (C=O) groups is 1. The van der Waals surface area contributed by atoms with Crippen LogP contribution < -0.4 is 5.32 Å². The molecule has 1 aromatic carbocycles. The summed E-state index contributed by atoms with van der Waals surface area (Å²) < 4.78 is 5.68. The third-order valence-electron chi connectivity index (χ3n) is 4.42. The molecule has 122 valence electrons. The molecule has 1 aliphatic heterocycles. The normalized spacial score (nSPS) is 22.8. The van der Waals surface area contributed by atoms with Crippen LogP contribution in [0.4, 0.5) is 0 Å². The summed E-state index contributed by atoms with van der Waals surface area (Å²) in [4.78, 5) is 12.5. The van der Waals surface area contributed by atoms with E-state index in [1.165, 1.54) is 5.56 Å². The van der Waals surface area contributed by atoms with Gasteiger partial charge in [0, 0.05) is 6.61 Å². The molecule has 3 atom stereocenters. The third kappa shape index (κ3) is 4.08. The first kappa shape index (κ1) is 17.0. The molecule has 1 amide bonds. The van der Waals surface area contributed by atoms with E-state index in [-0.39, 0.29) is 30.6 Å². The van der Waals surface area contributed by atoms with E-state index in [0.29, 0.717) is 18.9 Å².